The van der Waals surface area contributed by atoms with Crippen molar-refractivity contribution < 1.29 is 13.2 Å². The average molecular weight is 394 g/mol. The summed E-state index contributed by atoms with van der Waals surface area (Å²) in [6, 6.07) is 16.2. The second-order valence-corrected chi connectivity index (χ2v) is 8.10. The van der Waals surface area contributed by atoms with Gasteiger partial charge in [-0.2, -0.15) is 0 Å². The van der Waals surface area contributed by atoms with Crippen LogP contribution in [0.25, 0.3) is 0 Å². The van der Waals surface area contributed by atoms with Crippen molar-refractivity contribution in [1.29, 1.82) is 0 Å². The number of hydrogen-bond donors (Lipinski definition) is 1. The van der Waals surface area contributed by atoms with Crippen LogP contribution in [0.1, 0.15) is 0 Å². The molecule has 0 saturated carbocycles. The normalized spacial score (nSPS) is 15.1. The molecular weight excluding hydrogens is 374 g/mol. The third kappa shape index (κ3) is 4.35. The Balaban J connectivity index is 1.54. The zero-order chi connectivity index (χ0) is 18.6. The van der Waals surface area contributed by atoms with Crippen LogP contribution in [0.5, 0.6) is 0 Å². The van der Waals surface area contributed by atoms with Gasteiger partial charge in [-0.15, -0.1) is 0 Å². The van der Waals surface area contributed by atoms with E-state index in [1.54, 1.807) is 17.0 Å². The first-order valence-electron chi connectivity index (χ1n) is 8.29. The van der Waals surface area contributed by atoms with E-state index in [0.717, 1.165) is 5.69 Å². The van der Waals surface area contributed by atoms with E-state index in [0.29, 0.717) is 26.2 Å². The molecule has 138 valence electrons. The minimum absolute atomic E-state index is 0.0247. The van der Waals surface area contributed by atoms with E-state index in [2.05, 4.69) is 9.62 Å². The van der Waals surface area contributed by atoms with E-state index in [-0.39, 0.29) is 22.4 Å². The number of carbonyl (C=O) groups excluding carboxylic acids is 1. The molecular formula is C18H20ClN3O3S. The van der Waals surface area contributed by atoms with Gasteiger partial charge in [-0.05, 0) is 24.3 Å². The van der Waals surface area contributed by atoms with Crippen LogP contribution in [-0.4, -0.2) is 51.9 Å². The van der Waals surface area contributed by atoms with Gasteiger partial charge in [0.15, 0.2) is 0 Å². The molecule has 1 heterocycles. The zero-order valence-corrected chi connectivity index (χ0v) is 15.7. The summed E-state index contributed by atoms with van der Waals surface area (Å²) < 4.78 is 26.9. The molecule has 1 aliphatic rings. The van der Waals surface area contributed by atoms with Crippen LogP contribution in [0.4, 0.5) is 5.69 Å². The summed E-state index contributed by atoms with van der Waals surface area (Å²) in [7, 11) is -3.82. The summed E-state index contributed by atoms with van der Waals surface area (Å²) in [6.07, 6.45) is 0. The molecule has 1 amide bonds. The number of nitrogens with zero attached hydrogens (tertiary/aromatic N) is 2. The van der Waals surface area contributed by atoms with Gasteiger partial charge in [-0.3, -0.25) is 4.79 Å². The number of rotatable bonds is 5. The average Bonchev–Trinajstić information content (AvgIpc) is 2.67. The van der Waals surface area contributed by atoms with Crippen molar-refractivity contribution in [3.8, 4) is 0 Å². The highest BCUT2D eigenvalue weighted by molar-refractivity contribution is 7.89. The standard InChI is InChI=1S/C18H20ClN3O3S/c19-16-8-4-5-9-17(16)26(24,25)20-14-18(23)22-12-10-21(11-13-22)15-6-2-1-3-7-15/h1-9,20H,10-14H2. The molecule has 0 spiro atoms. The van der Waals surface area contributed by atoms with Gasteiger partial charge < -0.3 is 9.80 Å². The van der Waals surface area contributed by atoms with E-state index in [9.17, 15) is 13.2 Å². The first-order valence-corrected chi connectivity index (χ1v) is 10.2. The molecule has 26 heavy (non-hydrogen) atoms. The van der Waals surface area contributed by atoms with Gasteiger partial charge in [-0.1, -0.05) is 41.9 Å². The van der Waals surface area contributed by atoms with Crippen LogP contribution in [-0.2, 0) is 14.8 Å². The maximum absolute atomic E-state index is 12.4. The third-order valence-corrected chi connectivity index (χ3v) is 6.19. The summed E-state index contributed by atoms with van der Waals surface area (Å²) in [5.41, 5.74) is 1.12. The molecule has 0 radical (unpaired) electrons. The van der Waals surface area contributed by atoms with Crippen LogP contribution in [0.3, 0.4) is 0 Å². The second kappa shape index (κ2) is 8.07. The molecule has 8 heteroatoms. The highest BCUT2D eigenvalue weighted by atomic mass is 35.5. The van der Waals surface area contributed by atoms with Crippen molar-refractivity contribution >= 4 is 33.2 Å². The van der Waals surface area contributed by atoms with Gasteiger partial charge in [-0.25, -0.2) is 13.1 Å². The number of sulfonamides is 1. The summed E-state index contributed by atoms with van der Waals surface area (Å²) in [6.45, 7) is 2.27. The van der Waals surface area contributed by atoms with Crippen molar-refractivity contribution in [2.24, 2.45) is 0 Å². The molecule has 1 N–H and O–H groups in total. The quantitative estimate of drug-likeness (QED) is 0.843. The monoisotopic (exact) mass is 393 g/mol. The van der Waals surface area contributed by atoms with Gasteiger partial charge >= 0.3 is 0 Å². The lowest BCUT2D eigenvalue weighted by molar-refractivity contribution is -0.130. The minimum atomic E-state index is -3.82. The largest absolute Gasteiger partial charge is 0.368 e. The Bertz CT molecular complexity index is 866. The molecule has 0 aliphatic carbocycles. The molecule has 0 aromatic heterocycles. The lowest BCUT2D eigenvalue weighted by Gasteiger charge is -2.36. The number of nitrogens with one attached hydrogen (secondary N) is 1. The number of hydrogen-bond acceptors (Lipinski definition) is 4. The van der Waals surface area contributed by atoms with E-state index in [4.69, 9.17) is 11.6 Å². The summed E-state index contributed by atoms with van der Waals surface area (Å²) >= 11 is 5.93. The fourth-order valence-electron chi connectivity index (χ4n) is 2.86. The Labute approximate surface area is 158 Å². The van der Waals surface area contributed by atoms with E-state index in [1.165, 1.54) is 12.1 Å². The van der Waals surface area contributed by atoms with E-state index < -0.39 is 10.0 Å². The number of benzene rings is 2. The maximum Gasteiger partial charge on any atom is 0.242 e. The molecule has 0 unspecified atom stereocenters. The number of halogens is 1. The molecule has 2 aromatic rings. The molecule has 0 bridgehead atoms. The Kier molecular flexibility index (Phi) is 5.80. The molecule has 1 aliphatic heterocycles. The van der Waals surface area contributed by atoms with Gasteiger partial charge in [0.25, 0.3) is 0 Å². The van der Waals surface area contributed by atoms with E-state index in [1.807, 2.05) is 30.3 Å². The number of piperazine rings is 1. The molecule has 1 fully saturated rings. The predicted octanol–water partition coefficient (Wildman–Crippen LogP) is 1.97. The molecule has 0 atom stereocenters. The van der Waals surface area contributed by atoms with Gasteiger partial charge in [0, 0.05) is 31.9 Å². The predicted molar refractivity (Wildman–Crippen MR) is 102 cm³/mol. The second-order valence-electron chi connectivity index (χ2n) is 5.96. The number of anilines is 1. The molecule has 2 aromatic carbocycles. The minimum Gasteiger partial charge on any atom is -0.368 e. The first kappa shape index (κ1) is 18.7. The lowest BCUT2D eigenvalue weighted by atomic mass is 10.2. The summed E-state index contributed by atoms with van der Waals surface area (Å²) in [5.74, 6) is -0.242. The molecule has 3 rings (SSSR count). The highest BCUT2D eigenvalue weighted by Gasteiger charge is 2.24. The molecule has 1 saturated heterocycles. The fraction of sp³-hybridized carbons (Fsp3) is 0.278. The Morgan fingerprint density at radius 1 is 0.962 bits per heavy atom. The highest BCUT2D eigenvalue weighted by Crippen LogP contribution is 2.20. The summed E-state index contributed by atoms with van der Waals surface area (Å²) in [4.78, 5) is 16.2. The smallest absolute Gasteiger partial charge is 0.242 e. The van der Waals surface area contributed by atoms with E-state index >= 15 is 0 Å². The van der Waals surface area contributed by atoms with Crippen molar-refractivity contribution in [2.75, 3.05) is 37.6 Å². The molecule has 6 nitrogen and oxygen atoms in total. The fourth-order valence-corrected chi connectivity index (χ4v) is 4.35. The van der Waals surface area contributed by atoms with Gasteiger partial charge in [0.2, 0.25) is 15.9 Å². The van der Waals surface area contributed by atoms with Crippen molar-refractivity contribution in [3.05, 3.63) is 59.6 Å². The van der Waals surface area contributed by atoms with Crippen LogP contribution < -0.4 is 9.62 Å². The van der Waals surface area contributed by atoms with Crippen molar-refractivity contribution in [3.63, 3.8) is 0 Å². The van der Waals surface area contributed by atoms with Gasteiger partial charge in [0.05, 0.1) is 11.6 Å². The number of amides is 1. The zero-order valence-electron chi connectivity index (χ0n) is 14.1. The Hall–Kier alpha value is -2.09. The van der Waals surface area contributed by atoms with Crippen molar-refractivity contribution in [2.45, 2.75) is 4.90 Å². The topological polar surface area (TPSA) is 69.7 Å². The Morgan fingerprint density at radius 3 is 2.23 bits per heavy atom. The van der Waals surface area contributed by atoms with Crippen molar-refractivity contribution in [1.82, 2.24) is 9.62 Å². The van der Waals surface area contributed by atoms with Crippen LogP contribution in [0.15, 0.2) is 59.5 Å². The Morgan fingerprint density at radius 2 is 1.58 bits per heavy atom. The SMILES string of the molecule is O=C(CNS(=O)(=O)c1ccccc1Cl)N1CCN(c2ccccc2)CC1. The first-order chi connectivity index (χ1) is 12.5. The third-order valence-electron chi connectivity index (χ3n) is 4.29. The van der Waals surface area contributed by atoms with Gasteiger partial charge in [0.1, 0.15) is 4.90 Å². The van der Waals surface area contributed by atoms with Crippen LogP contribution in [0, 0.1) is 0 Å². The number of para-hydroxylation sites is 1. The maximum atomic E-state index is 12.4. The number of carbonyl (C=O) groups is 1. The van der Waals surface area contributed by atoms with Crippen LogP contribution in [0.2, 0.25) is 5.02 Å². The van der Waals surface area contributed by atoms with Crippen LogP contribution >= 0.6 is 11.6 Å². The summed E-state index contributed by atoms with van der Waals surface area (Å²) in [5, 5.41) is 0.129. The lowest BCUT2D eigenvalue weighted by Crippen LogP contribution is -2.51.